The maximum atomic E-state index is 13.3. The highest BCUT2D eigenvalue weighted by Crippen LogP contribution is 2.51. The van der Waals surface area contributed by atoms with Crippen LogP contribution in [0.15, 0.2) is 90.0 Å². The fourth-order valence-electron chi connectivity index (χ4n) is 5.82. The highest BCUT2D eigenvalue weighted by Gasteiger charge is 2.58. The van der Waals surface area contributed by atoms with Gasteiger partial charge in [0.1, 0.15) is 5.75 Å². The summed E-state index contributed by atoms with van der Waals surface area (Å²) in [5, 5.41) is 7.38. The Balaban J connectivity index is 1.45. The van der Waals surface area contributed by atoms with Gasteiger partial charge in [0.2, 0.25) is 5.91 Å². The molecule has 3 aliphatic rings. The first-order chi connectivity index (χ1) is 16.3. The molecular formula is C28H27N3O2. The van der Waals surface area contributed by atoms with Crippen molar-refractivity contribution in [3.63, 3.8) is 0 Å². The Hall–Kier alpha value is -3.60. The zero-order valence-electron chi connectivity index (χ0n) is 18.7. The van der Waals surface area contributed by atoms with E-state index in [4.69, 9.17) is 9.84 Å². The lowest BCUT2D eigenvalue weighted by Gasteiger charge is -2.50. The second-order valence-corrected chi connectivity index (χ2v) is 9.05. The van der Waals surface area contributed by atoms with Gasteiger partial charge in [0.25, 0.3) is 0 Å². The Kier molecular flexibility index (Phi) is 4.90. The van der Waals surface area contributed by atoms with Crippen molar-refractivity contribution in [1.29, 1.82) is 0 Å². The first-order valence-corrected chi connectivity index (χ1v) is 11.7. The molecule has 166 valence electrons. The number of fused-ring (bicyclic) bond motifs is 3. The minimum atomic E-state index is 0.0479. The van der Waals surface area contributed by atoms with E-state index >= 15 is 0 Å². The third-order valence-corrected chi connectivity index (χ3v) is 7.32. The van der Waals surface area contributed by atoms with Gasteiger partial charge in [-0.15, -0.1) is 0 Å². The Morgan fingerprint density at radius 3 is 2.27 bits per heavy atom. The van der Waals surface area contributed by atoms with Crippen molar-refractivity contribution in [2.75, 3.05) is 17.0 Å². The number of anilines is 2. The van der Waals surface area contributed by atoms with Gasteiger partial charge < -0.3 is 9.64 Å². The second-order valence-electron chi connectivity index (χ2n) is 9.05. The molecule has 3 aromatic carbocycles. The third kappa shape index (κ3) is 3.22. The van der Waals surface area contributed by atoms with Gasteiger partial charge >= 0.3 is 0 Å². The molecule has 2 aliphatic heterocycles. The van der Waals surface area contributed by atoms with Crippen molar-refractivity contribution in [3.8, 4) is 5.75 Å². The van der Waals surface area contributed by atoms with Crippen molar-refractivity contribution < 1.29 is 9.53 Å². The first-order valence-electron chi connectivity index (χ1n) is 11.7. The summed E-state index contributed by atoms with van der Waals surface area (Å²) in [5.41, 5.74) is 4.48. The van der Waals surface area contributed by atoms with E-state index in [1.54, 1.807) is 7.11 Å². The number of hydrazone groups is 1. The Labute approximate surface area is 194 Å². The van der Waals surface area contributed by atoms with Crippen LogP contribution in [0.4, 0.5) is 11.4 Å². The van der Waals surface area contributed by atoms with Crippen molar-refractivity contribution >= 4 is 23.0 Å². The summed E-state index contributed by atoms with van der Waals surface area (Å²) in [5.74, 6) is 1.23. The van der Waals surface area contributed by atoms with E-state index in [0.29, 0.717) is 0 Å². The molecule has 0 aromatic heterocycles. The summed E-state index contributed by atoms with van der Waals surface area (Å²) in [6, 6.07) is 29.0. The lowest BCUT2D eigenvalue weighted by Crippen LogP contribution is -2.65. The van der Waals surface area contributed by atoms with Gasteiger partial charge in [-0.05, 0) is 61.2 Å². The number of methoxy groups -OCH3 is 1. The average molecular weight is 438 g/mol. The summed E-state index contributed by atoms with van der Waals surface area (Å²) in [6.07, 6.45) is 2.87. The summed E-state index contributed by atoms with van der Waals surface area (Å²) < 4.78 is 5.33. The van der Waals surface area contributed by atoms with E-state index in [0.717, 1.165) is 36.4 Å². The largest absolute Gasteiger partial charge is 0.497 e. The first kappa shape index (κ1) is 20.0. The van der Waals surface area contributed by atoms with Crippen LogP contribution in [-0.4, -0.2) is 24.8 Å². The molecule has 33 heavy (non-hydrogen) atoms. The van der Waals surface area contributed by atoms with Gasteiger partial charge in [0.05, 0.1) is 30.8 Å². The Morgan fingerprint density at radius 1 is 0.879 bits per heavy atom. The van der Waals surface area contributed by atoms with Crippen LogP contribution < -0.4 is 14.6 Å². The predicted octanol–water partition coefficient (Wildman–Crippen LogP) is 5.44. The molecule has 3 aromatic rings. The fourth-order valence-corrected chi connectivity index (χ4v) is 5.82. The summed E-state index contributed by atoms with van der Waals surface area (Å²) in [7, 11) is 1.66. The monoisotopic (exact) mass is 437 g/mol. The molecule has 2 fully saturated rings. The lowest BCUT2D eigenvalue weighted by molar-refractivity contribution is -0.131. The minimum absolute atomic E-state index is 0.0479. The molecule has 5 nitrogen and oxygen atoms in total. The average Bonchev–Trinajstić information content (AvgIpc) is 3.16. The van der Waals surface area contributed by atoms with E-state index < -0.39 is 0 Å². The molecule has 2 heterocycles. The molecule has 0 radical (unpaired) electrons. The summed E-state index contributed by atoms with van der Waals surface area (Å²) >= 11 is 0. The molecule has 0 spiro atoms. The topological polar surface area (TPSA) is 45.1 Å². The van der Waals surface area contributed by atoms with Gasteiger partial charge in [0.15, 0.2) is 0 Å². The van der Waals surface area contributed by atoms with Gasteiger partial charge in [0, 0.05) is 17.3 Å². The molecule has 6 rings (SSSR count). The molecule has 0 N–H and O–H groups in total. The number of benzene rings is 3. The number of β-lactam (4-membered cyclic amide) rings is 1. The third-order valence-electron chi connectivity index (χ3n) is 7.32. The Bertz CT molecular complexity index is 1180. The summed E-state index contributed by atoms with van der Waals surface area (Å²) in [6.45, 7) is 0. The molecule has 1 saturated carbocycles. The number of hydrogen-bond donors (Lipinski definition) is 0. The lowest BCUT2D eigenvalue weighted by atomic mass is 9.72. The van der Waals surface area contributed by atoms with E-state index in [2.05, 4.69) is 59.6 Å². The predicted molar refractivity (Wildman–Crippen MR) is 131 cm³/mol. The van der Waals surface area contributed by atoms with E-state index in [1.165, 1.54) is 11.3 Å². The number of carbonyl (C=O) groups excluding carboxylic acids is 1. The van der Waals surface area contributed by atoms with Crippen molar-refractivity contribution in [2.24, 2.45) is 16.9 Å². The molecule has 0 unspecified atom stereocenters. The Morgan fingerprint density at radius 2 is 1.58 bits per heavy atom. The van der Waals surface area contributed by atoms with Crippen LogP contribution >= 0.6 is 0 Å². The van der Waals surface area contributed by atoms with Gasteiger partial charge in [-0.3, -0.25) is 9.80 Å². The van der Waals surface area contributed by atoms with Crippen LogP contribution in [0.3, 0.4) is 0 Å². The number of para-hydroxylation sites is 1. The smallest absolute Gasteiger partial charge is 0.232 e. The van der Waals surface area contributed by atoms with Crippen molar-refractivity contribution in [1.82, 2.24) is 0 Å². The number of rotatable bonds is 4. The highest BCUT2D eigenvalue weighted by molar-refractivity contribution is 6.06. The van der Waals surface area contributed by atoms with Gasteiger partial charge in [-0.25, -0.2) is 0 Å². The van der Waals surface area contributed by atoms with Crippen LogP contribution in [0.5, 0.6) is 5.75 Å². The molecular weight excluding hydrogens is 410 g/mol. The normalized spacial score (nSPS) is 26.1. The maximum absolute atomic E-state index is 13.3. The zero-order chi connectivity index (χ0) is 22.4. The minimum Gasteiger partial charge on any atom is -0.497 e. The number of carbonyl (C=O) groups is 1. The fraction of sp³-hybridized carbons (Fsp3) is 0.286. The molecule has 1 aliphatic carbocycles. The summed E-state index contributed by atoms with van der Waals surface area (Å²) in [4.78, 5) is 15.3. The van der Waals surface area contributed by atoms with Gasteiger partial charge in [-0.2, -0.15) is 5.10 Å². The quantitative estimate of drug-likeness (QED) is 0.510. The van der Waals surface area contributed by atoms with E-state index in [-0.39, 0.29) is 29.8 Å². The molecule has 0 bridgehead atoms. The van der Waals surface area contributed by atoms with Crippen LogP contribution in [-0.2, 0) is 4.79 Å². The van der Waals surface area contributed by atoms with Crippen LogP contribution in [0.25, 0.3) is 0 Å². The highest BCUT2D eigenvalue weighted by atomic mass is 16.5. The maximum Gasteiger partial charge on any atom is 0.232 e. The van der Waals surface area contributed by atoms with E-state index in [9.17, 15) is 4.79 Å². The van der Waals surface area contributed by atoms with Crippen molar-refractivity contribution in [2.45, 2.75) is 31.3 Å². The SMILES string of the molecule is COc1ccc(N2C(=O)[C@H]3CCCC4=NN(c5ccccc5)[C@@H](c5ccccc5)[C@@H]4[C@@H]32)cc1. The molecule has 5 heteroatoms. The van der Waals surface area contributed by atoms with Crippen LogP contribution in [0, 0.1) is 11.8 Å². The number of amides is 1. The zero-order valence-corrected chi connectivity index (χ0v) is 18.7. The van der Waals surface area contributed by atoms with Crippen LogP contribution in [0.1, 0.15) is 30.9 Å². The van der Waals surface area contributed by atoms with Crippen molar-refractivity contribution in [3.05, 3.63) is 90.5 Å². The second kappa shape index (κ2) is 8.07. The number of hydrogen-bond acceptors (Lipinski definition) is 4. The van der Waals surface area contributed by atoms with Gasteiger partial charge in [-0.1, -0.05) is 48.5 Å². The van der Waals surface area contributed by atoms with E-state index in [1.807, 2.05) is 35.2 Å². The molecule has 4 atom stereocenters. The number of ether oxygens (including phenoxy) is 1. The molecule has 1 saturated heterocycles. The number of nitrogens with zero attached hydrogens (tertiary/aromatic N) is 3. The van der Waals surface area contributed by atoms with Crippen LogP contribution in [0.2, 0.25) is 0 Å². The molecule has 1 amide bonds. The standard InChI is InChI=1S/C28H27N3O2/c1-33-22-17-15-20(16-18-22)30-27-23(28(30)32)13-8-14-24-25(27)26(19-9-4-2-5-10-19)31(29-24)21-11-6-3-7-12-21/h2-7,9-12,15-18,23,25-27H,8,13-14H2,1H3/t23-,25+,26-,27+/m0/s1.